The van der Waals surface area contributed by atoms with Gasteiger partial charge in [-0.3, -0.25) is 0 Å². The summed E-state index contributed by atoms with van der Waals surface area (Å²) in [5.41, 5.74) is 0.709. The molecule has 1 aromatic carbocycles. The van der Waals surface area contributed by atoms with Crippen LogP contribution in [0.5, 0.6) is 0 Å². The third-order valence-electron chi connectivity index (χ3n) is 2.18. The molecule has 0 saturated heterocycles. The molecule has 0 amide bonds. The monoisotopic (exact) mass is 342 g/mol. The van der Waals surface area contributed by atoms with E-state index in [1.165, 1.54) is 6.07 Å². The SMILES string of the molecule is N#Cc1ccc(CNc2cccc(F)c2I)o1. The van der Waals surface area contributed by atoms with Crippen molar-refractivity contribution in [1.82, 2.24) is 0 Å². The molecule has 1 heterocycles. The van der Waals surface area contributed by atoms with Crippen LogP contribution in [0.25, 0.3) is 0 Å². The summed E-state index contributed by atoms with van der Waals surface area (Å²) in [6, 6.07) is 10.1. The molecule has 17 heavy (non-hydrogen) atoms. The highest BCUT2D eigenvalue weighted by Crippen LogP contribution is 2.21. The molecule has 0 aliphatic rings. The molecule has 0 radical (unpaired) electrons. The number of hydrogen-bond donors (Lipinski definition) is 1. The zero-order valence-corrected chi connectivity index (χ0v) is 10.9. The fraction of sp³-hybridized carbons (Fsp3) is 0.0833. The molecule has 1 aromatic heterocycles. The molecule has 2 rings (SSSR count). The molecule has 0 aliphatic carbocycles. The summed E-state index contributed by atoms with van der Waals surface area (Å²) >= 11 is 1.94. The van der Waals surface area contributed by atoms with Crippen molar-refractivity contribution in [2.75, 3.05) is 5.32 Å². The largest absolute Gasteiger partial charge is 0.449 e. The smallest absolute Gasteiger partial charge is 0.203 e. The minimum Gasteiger partial charge on any atom is -0.449 e. The first kappa shape index (κ1) is 11.9. The third-order valence-corrected chi connectivity index (χ3v) is 3.27. The number of anilines is 1. The van der Waals surface area contributed by atoms with E-state index in [1.54, 1.807) is 24.3 Å². The van der Waals surface area contributed by atoms with Gasteiger partial charge < -0.3 is 9.73 Å². The van der Waals surface area contributed by atoms with E-state index in [-0.39, 0.29) is 11.6 Å². The Kier molecular flexibility index (Phi) is 3.64. The average molecular weight is 342 g/mol. The molecular formula is C12H8FIN2O. The molecule has 0 saturated carbocycles. The van der Waals surface area contributed by atoms with Crippen LogP contribution in [-0.2, 0) is 6.54 Å². The first-order chi connectivity index (χ1) is 8.20. The van der Waals surface area contributed by atoms with E-state index in [0.717, 1.165) is 0 Å². The second-order valence-corrected chi connectivity index (χ2v) is 4.41. The maximum atomic E-state index is 13.2. The number of nitriles is 1. The minimum absolute atomic E-state index is 0.257. The number of nitrogens with zero attached hydrogens (tertiary/aromatic N) is 1. The van der Waals surface area contributed by atoms with Crippen LogP contribution >= 0.6 is 22.6 Å². The van der Waals surface area contributed by atoms with Crippen LogP contribution in [0.4, 0.5) is 10.1 Å². The molecule has 0 bridgehead atoms. The van der Waals surface area contributed by atoms with Crippen LogP contribution in [0.1, 0.15) is 11.5 Å². The number of rotatable bonds is 3. The van der Waals surface area contributed by atoms with Crippen molar-refractivity contribution in [2.45, 2.75) is 6.54 Å². The fourth-order valence-corrected chi connectivity index (χ4v) is 1.91. The number of nitrogens with one attached hydrogen (secondary N) is 1. The molecule has 86 valence electrons. The van der Waals surface area contributed by atoms with Gasteiger partial charge >= 0.3 is 0 Å². The summed E-state index contributed by atoms with van der Waals surface area (Å²) in [5, 5.41) is 11.7. The van der Waals surface area contributed by atoms with Crippen LogP contribution < -0.4 is 5.32 Å². The van der Waals surface area contributed by atoms with E-state index in [2.05, 4.69) is 5.32 Å². The predicted octanol–water partition coefficient (Wildman–Crippen LogP) is 3.51. The summed E-state index contributed by atoms with van der Waals surface area (Å²) in [5.74, 6) is 0.658. The van der Waals surface area contributed by atoms with Crippen molar-refractivity contribution in [1.29, 1.82) is 5.26 Å². The highest BCUT2D eigenvalue weighted by atomic mass is 127. The van der Waals surface area contributed by atoms with E-state index >= 15 is 0 Å². The Morgan fingerprint density at radius 2 is 2.18 bits per heavy atom. The van der Waals surface area contributed by atoms with Gasteiger partial charge in [-0.05, 0) is 46.9 Å². The molecule has 0 fully saturated rings. The molecule has 0 atom stereocenters. The van der Waals surface area contributed by atoms with Gasteiger partial charge in [-0.2, -0.15) is 5.26 Å². The van der Waals surface area contributed by atoms with Gasteiger partial charge in [-0.25, -0.2) is 4.39 Å². The van der Waals surface area contributed by atoms with Gasteiger partial charge in [0.05, 0.1) is 15.8 Å². The number of benzene rings is 1. The number of furan rings is 1. The van der Waals surface area contributed by atoms with Crippen LogP contribution in [0.3, 0.4) is 0 Å². The average Bonchev–Trinajstić information content (AvgIpc) is 2.79. The van der Waals surface area contributed by atoms with Crippen molar-refractivity contribution in [2.24, 2.45) is 0 Å². The fourth-order valence-electron chi connectivity index (χ4n) is 1.36. The van der Waals surface area contributed by atoms with Crippen LogP contribution in [0.2, 0.25) is 0 Å². The standard InChI is InChI=1S/C12H8FIN2O/c13-10-2-1-3-11(12(10)14)16-7-9-5-4-8(6-15)17-9/h1-5,16H,7H2. The molecule has 0 spiro atoms. The maximum Gasteiger partial charge on any atom is 0.203 e. The van der Waals surface area contributed by atoms with Crippen molar-refractivity contribution < 1.29 is 8.81 Å². The summed E-state index contributed by atoms with van der Waals surface area (Å²) in [6.07, 6.45) is 0. The number of halogens is 2. The lowest BCUT2D eigenvalue weighted by Crippen LogP contribution is -2.01. The molecule has 1 N–H and O–H groups in total. The van der Waals surface area contributed by atoms with Gasteiger partial charge in [0.25, 0.3) is 0 Å². The Hall–Kier alpha value is -1.55. The van der Waals surface area contributed by atoms with E-state index in [1.807, 2.05) is 28.7 Å². The van der Waals surface area contributed by atoms with E-state index in [0.29, 0.717) is 21.6 Å². The Morgan fingerprint density at radius 3 is 2.88 bits per heavy atom. The molecule has 3 nitrogen and oxygen atoms in total. The molecule has 0 aliphatic heterocycles. The second-order valence-electron chi connectivity index (χ2n) is 3.33. The topological polar surface area (TPSA) is 49.0 Å². The van der Waals surface area contributed by atoms with Crippen molar-refractivity contribution in [3.63, 3.8) is 0 Å². The maximum absolute atomic E-state index is 13.2. The van der Waals surface area contributed by atoms with Crippen LogP contribution in [0, 0.1) is 20.7 Å². The molecule has 0 unspecified atom stereocenters. The zero-order chi connectivity index (χ0) is 12.3. The van der Waals surface area contributed by atoms with E-state index in [9.17, 15) is 4.39 Å². The Balaban J connectivity index is 2.07. The van der Waals surface area contributed by atoms with Gasteiger partial charge in [-0.1, -0.05) is 6.07 Å². The van der Waals surface area contributed by atoms with Gasteiger partial charge in [0.1, 0.15) is 17.6 Å². The highest BCUT2D eigenvalue weighted by Gasteiger charge is 2.06. The number of hydrogen-bond acceptors (Lipinski definition) is 3. The van der Waals surface area contributed by atoms with Crippen molar-refractivity contribution in [3.05, 3.63) is 51.2 Å². The second kappa shape index (κ2) is 5.19. The minimum atomic E-state index is -0.257. The van der Waals surface area contributed by atoms with Gasteiger partial charge in [-0.15, -0.1) is 0 Å². The normalized spacial score (nSPS) is 9.94. The van der Waals surface area contributed by atoms with Gasteiger partial charge in [0, 0.05) is 0 Å². The molecule has 5 heteroatoms. The molecule has 2 aromatic rings. The predicted molar refractivity (Wildman–Crippen MR) is 69.9 cm³/mol. The lowest BCUT2D eigenvalue weighted by atomic mass is 10.3. The summed E-state index contributed by atoms with van der Waals surface area (Å²) in [7, 11) is 0. The Labute approximate surface area is 111 Å². The quantitative estimate of drug-likeness (QED) is 0.869. The molecular weight excluding hydrogens is 334 g/mol. The zero-order valence-electron chi connectivity index (χ0n) is 8.71. The van der Waals surface area contributed by atoms with Gasteiger partial charge in [0.2, 0.25) is 5.76 Å². The Bertz CT molecular complexity index is 574. The van der Waals surface area contributed by atoms with E-state index < -0.39 is 0 Å². The van der Waals surface area contributed by atoms with Gasteiger partial charge in [0.15, 0.2) is 0 Å². The summed E-state index contributed by atoms with van der Waals surface area (Å²) < 4.78 is 19.0. The Morgan fingerprint density at radius 1 is 1.35 bits per heavy atom. The first-order valence-corrected chi connectivity index (χ1v) is 5.95. The van der Waals surface area contributed by atoms with Crippen molar-refractivity contribution in [3.8, 4) is 6.07 Å². The summed E-state index contributed by atoms with van der Waals surface area (Å²) in [6.45, 7) is 0.418. The lowest BCUT2D eigenvalue weighted by molar-refractivity contribution is 0.506. The van der Waals surface area contributed by atoms with Crippen LogP contribution in [0.15, 0.2) is 34.7 Å². The summed E-state index contributed by atoms with van der Waals surface area (Å²) in [4.78, 5) is 0. The van der Waals surface area contributed by atoms with Crippen molar-refractivity contribution >= 4 is 28.3 Å². The first-order valence-electron chi connectivity index (χ1n) is 4.87. The highest BCUT2D eigenvalue weighted by molar-refractivity contribution is 14.1. The third kappa shape index (κ3) is 2.77. The van der Waals surface area contributed by atoms with Crippen LogP contribution in [-0.4, -0.2) is 0 Å². The van der Waals surface area contributed by atoms with E-state index in [4.69, 9.17) is 9.68 Å². The lowest BCUT2D eigenvalue weighted by Gasteiger charge is -2.07.